The molecule has 1 N–H and O–H groups in total. The molecule has 0 spiro atoms. The maximum atomic E-state index is 12.2. The number of rotatable bonds is 4. The van der Waals surface area contributed by atoms with Crippen LogP contribution in [0, 0.1) is 0 Å². The Morgan fingerprint density at radius 3 is 2.79 bits per heavy atom. The topological polar surface area (TPSA) is 32.3 Å². The summed E-state index contributed by atoms with van der Waals surface area (Å²) < 4.78 is 1.68. The zero-order valence-corrected chi connectivity index (χ0v) is 14.1. The van der Waals surface area contributed by atoms with Crippen molar-refractivity contribution in [2.24, 2.45) is 0 Å². The van der Waals surface area contributed by atoms with Crippen LogP contribution < -0.4 is 5.32 Å². The van der Waals surface area contributed by atoms with Gasteiger partial charge in [0, 0.05) is 29.0 Å². The predicted molar refractivity (Wildman–Crippen MR) is 83.8 cm³/mol. The van der Waals surface area contributed by atoms with E-state index in [-0.39, 0.29) is 11.9 Å². The molecule has 2 heterocycles. The van der Waals surface area contributed by atoms with E-state index in [0.29, 0.717) is 6.54 Å². The molecule has 106 valence electrons. The lowest BCUT2D eigenvalue weighted by Crippen LogP contribution is -2.46. The molecule has 6 heteroatoms. The lowest BCUT2D eigenvalue weighted by Gasteiger charge is -2.29. The number of nitrogens with one attached hydrogen (secondary N) is 1. The fraction of sp³-hybridized carbons (Fsp3) is 0.615. The first-order chi connectivity index (χ1) is 9.08. The highest BCUT2D eigenvalue weighted by Gasteiger charge is 2.21. The van der Waals surface area contributed by atoms with Crippen molar-refractivity contribution in [3.8, 4) is 0 Å². The number of hydrogen-bond donors (Lipinski definition) is 1. The number of nitrogens with zero attached hydrogens (tertiary/aromatic N) is 1. The number of thiophene rings is 1. The van der Waals surface area contributed by atoms with Crippen molar-refractivity contribution in [3.63, 3.8) is 0 Å². The van der Waals surface area contributed by atoms with Gasteiger partial charge in [-0.15, -0.1) is 11.3 Å². The van der Waals surface area contributed by atoms with Crippen molar-refractivity contribution in [2.75, 3.05) is 13.1 Å². The Labute approximate surface area is 131 Å². The van der Waals surface area contributed by atoms with Crippen LogP contribution in [-0.2, 0) is 11.3 Å². The lowest BCUT2D eigenvalue weighted by molar-refractivity contribution is -0.133. The number of hydrogen-bond acceptors (Lipinski definition) is 3. The summed E-state index contributed by atoms with van der Waals surface area (Å²) in [5, 5.41) is 3.28. The summed E-state index contributed by atoms with van der Waals surface area (Å²) in [5.41, 5.74) is 0. The average molecular weight is 366 g/mol. The zero-order chi connectivity index (χ0) is 13.8. The average Bonchev–Trinajstić information content (AvgIpc) is 2.75. The van der Waals surface area contributed by atoms with Crippen LogP contribution in [0.15, 0.2) is 10.5 Å². The molecule has 2 rings (SSSR count). The Morgan fingerprint density at radius 1 is 1.53 bits per heavy atom. The molecule has 1 saturated heterocycles. The van der Waals surface area contributed by atoms with Crippen molar-refractivity contribution < 1.29 is 4.79 Å². The van der Waals surface area contributed by atoms with Gasteiger partial charge in [-0.2, -0.15) is 0 Å². The molecule has 3 nitrogen and oxygen atoms in total. The number of carbonyl (C=O) groups is 1. The van der Waals surface area contributed by atoms with Gasteiger partial charge in [0.05, 0.1) is 6.04 Å². The van der Waals surface area contributed by atoms with E-state index in [1.807, 2.05) is 17.9 Å². The van der Waals surface area contributed by atoms with Gasteiger partial charge in [0.1, 0.15) is 4.34 Å². The fourth-order valence-corrected chi connectivity index (χ4v) is 3.95. The van der Waals surface area contributed by atoms with Crippen LogP contribution in [0.4, 0.5) is 0 Å². The van der Waals surface area contributed by atoms with E-state index in [9.17, 15) is 4.79 Å². The van der Waals surface area contributed by atoms with Gasteiger partial charge in [-0.05, 0) is 48.2 Å². The monoisotopic (exact) mass is 364 g/mol. The first-order valence-corrected chi connectivity index (χ1v) is 8.52. The second-order valence-electron chi connectivity index (χ2n) is 4.82. The third-order valence-electron chi connectivity index (χ3n) is 3.32. The van der Waals surface area contributed by atoms with Gasteiger partial charge >= 0.3 is 0 Å². The van der Waals surface area contributed by atoms with Crippen molar-refractivity contribution >= 4 is 44.8 Å². The van der Waals surface area contributed by atoms with Gasteiger partial charge in [-0.1, -0.05) is 11.6 Å². The SMILES string of the molecule is CC(NCc1cc(Br)c(Cl)s1)C(=O)N1CCCCC1. The summed E-state index contributed by atoms with van der Waals surface area (Å²) in [4.78, 5) is 15.3. The predicted octanol–water partition coefficient (Wildman–Crippen LogP) is 3.65. The molecule has 1 aliphatic heterocycles. The molecule has 1 aromatic rings. The van der Waals surface area contributed by atoms with Gasteiger partial charge in [-0.3, -0.25) is 4.79 Å². The van der Waals surface area contributed by atoms with Crippen LogP contribution in [0.2, 0.25) is 4.34 Å². The van der Waals surface area contributed by atoms with Crippen LogP contribution >= 0.6 is 38.9 Å². The third-order valence-corrected chi connectivity index (χ3v) is 5.79. The van der Waals surface area contributed by atoms with Crippen molar-refractivity contribution in [3.05, 3.63) is 19.8 Å². The van der Waals surface area contributed by atoms with Crippen LogP contribution in [0.25, 0.3) is 0 Å². The Morgan fingerprint density at radius 2 is 2.21 bits per heavy atom. The largest absolute Gasteiger partial charge is 0.341 e. The van der Waals surface area contributed by atoms with E-state index in [1.165, 1.54) is 17.8 Å². The minimum Gasteiger partial charge on any atom is -0.341 e. The summed E-state index contributed by atoms with van der Waals surface area (Å²) in [7, 11) is 0. The standard InChI is InChI=1S/C13H18BrClN2OS/c1-9(13(18)17-5-3-2-4-6-17)16-8-10-7-11(14)12(15)19-10/h7,9,16H,2-6,8H2,1H3. The second kappa shape index (κ2) is 7.07. The minimum absolute atomic E-state index is 0.141. The number of carbonyl (C=O) groups excluding carboxylic acids is 1. The summed E-state index contributed by atoms with van der Waals surface area (Å²) in [6, 6.07) is 1.86. The van der Waals surface area contributed by atoms with Gasteiger partial charge in [0.15, 0.2) is 0 Å². The molecule has 0 radical (unpaired) electrons. The normalized spacial score (nSPS) is 17.5. The molecule has 1 fully saturated rings. The highest BCUT2D eigenvalue weighted by molar-refractivity contribution is 9.10. The van der Waals surface area contributed by atoms with Crippen molar-refractivity contribution in [1.29, 1.82) is 0 Å². The maximum Gasteiger partial charge on any atom is 0.239 e. The van der Waals surface area contributed by atoms with Crippen LogP contribution in [0.5, 0.6) is 0 Å². The zero-order valence-electron chi connectivity index (χ0n) is 10.9. The van der Waals surface area contributed by atoms with Crippen LogP contribution in [0.1, 0.15) is 31.1 Å². The van der Waals surface area contributed by atoms with E-state index in [2.05, 4.69) is 21.2 Å². The molecular formula is C13H18BrClN2OS. The van der Waals surface area contributed by atoms with Gasteiger partial charge in [-0.25, -0.2) is 0 Å². The molecular weight excluding hydrogens is 348 g/mol. The Hall–Kier alpha value is -0.100. The molecule has 1 unspecified atom stereocenters. The summed E-state index contributed by atoms with van der Waals surface area (Å²) in [5.74, 6) is 0.210. The maximum absolute atomic E-state index is 12.2. The molecule has 1 amide bonds. The Balaban J connectivity index is 1.83. The first kappa shape index (κ1) is 15.3. The van der Waals surface area contributed by atoms with E-state index in [1.54, 1.807) is 0 Å². The fourth-order valence-electron chi connectivity index (χ4n) is 2.21. The molecule has 0 bridgehead atoms. The molecule has 1 atom stereocenters. The molecule has 0 saturated carbocycles. The summed E-state index contributed by atoms with van der Waals surface area (Å²) in [6.07, 6.45) is 3.51. The highest BCUT2D eigenvalue weighted by atomic mass is 79.9. The highest BCUT2D eigenvalue weighted by Crippen LogP contribution is 2.31. The summed E-state index contributed by atoms with van der Waals surface area (Å²) in [6.45, 7) is 4.42. The number of piperidine rings is 1. The second-order valence-corrected chi connectivity index (χ2v) is 7.42. The Kier molecular flexibility index (Phi) is 5.69. The quantitative estimate of drug-likeness (QED) is 0.883. The van der Waals surface area contributed by atoms with Crippen molar-refractivity contribution in [2.45, 2.75) is 38.8 Å². The van der Waals surface area contributed by atoms with Gasteiger partial charge < -0.3 is 10.2 Å². The molecule has 0 aliphatic carbocycles. The van der Waals surface area contributed by atoms with Crippen LogP contribution in [0.3, 0.4) is 0 Å². The number of amides is 1. The van der Waals surface area contributed by atoms with E-state index < -0.39 is 0 Å². The molecule has 0 aromatic carbocycles. The first-order valence-electron chi connectivity index (χ1n) is 6.54. The number of likely N-dealkylation sites (tertiary alicyclic amines) is 1. The smallest absolute Gasteiger partial charge is 0.239 e. The van der Waals surface area contributed by atoms with E-state index >= 15 is 0 Å². The van der Waals surface area contributed by atoms with E-state index in [0.717, 1.165) is 39.6 Å². The van der Waals surface area contributed by atoms with Gasteiger partial charge in [0.2, 0.25) is 5.91 Å². The van der Waals surface area contributed by atoms with E-state index in [4.69, 9.17) is 11.6 Å². The molecule has 1 aliphatic rings. The van der Waals surface area contributed by atoms with Gasteiger partial charge in [0.25, 0.3) is 0 Å². The number of halogens is 2. The summed E-state index contributed by atoms with van der Waals surface area (Å²) >= 11 is 10.9. The van der Waals surface area contributed by atoms with Crippen LogP contribution in [-0.4, -0.2) is 29.9 Å². The van der Waals surface area contributed by atoms with Crippen molar-refractivity contribution in [1.82, 2.24) is 10.2 Å². The minimum atomic E-state index is -0.141. The third kappa shape index (κ3) is 4.18. The molecule has 19 heavy (non-hydrogen) atoms. The lowest BCUT2D eigenvalue weighted by atomic mass is 10.1. The Bertz CT molecular complexity index is 426. The molecule has 1 aromatic heterocycles.